The van der Waals surface area contributed by atoms with Crippen molar-refractivity contribution < 1.29 is 23.1 Å². The lowest BCUT2D eigenvalue weighted by Gasteiger charge is -2.09. The molecular formula is C17H21N7O5S. The van der Waals surface area contributed by atoms with Crippen LogP contribution in [0, 0.1) is 0 Å². The smallest absolute Gasteiger partial charge is 0.320 e. The molecule has 3 rings (SSSR count). The van der Waals surface area contributed by atoms with E-state index in [0.29, 0.717) is 5.69 Å². The lowest BCUT2D eigenvalue weighted by atomic mass is 10.2. The molecule has 30 heavy (non-hydrogen) atoms. The van der Waals surface area contributed by atoms with E-state index in [-0.39, 0.29) is 23.0 Å². The Morgan fingerprint density at radius 2 is 1.93 bits per heavy atom. The number of aromatic nitrogens is 4. The molecule has 160 valence electrons. The summed E-state index contributed by atoms with van der Waals surface area (Å²) >= 11 is 0. The van der Waals surface area contributed by atoms with Crippen molar-refractivity contribution in [1.29, 1.82) is 0 Å². The number of nitrogens with one attached hydrogen (secondary N) is 2. The fourth-order valence-corrected chi connectivity index (χ4v) is 3.11. The Bertz CT molecular complexity index is 1060. The number of H-pyrrole nitrogens is 1. The number of methoxy groups -OCH3 is 1. The number of nitrogens with two attached hydrogens (primary N) is 2. The summed E-state index contributed by atoms with van der Waals surface area (Å²) in [4.78, 5) is 24.6. The van der Waals surface area contributed by atoms with E-state index in [4.69, 9.17) is 21.3 Å². The number of hydrogen-bond donors (Lipinski definition) is 5. The van der Waals surface area contributed by atoms with E-state index in [0.717, 1.165) is 5.69 Å². The first-order chi connectivity index (χ1) is 14.2. The quantitative estimate of drug-likeness (QED) is 0.320. The van der Waals surface area contributed by atoms with Crippen molar-refractivity contribution >= 4 is 27.5 Å². The minimum Gasteiger partial charge on any atom is -0.480 e. The highest BCUT2D eigenvalue weighted by Gasteiger charge is 2.17. The molecule has 0 amide bonds. The number of aliphatic carboxylic acids is 1. The van der Waals surface area contributed by atoms with Crippen LogP contribution in [0.2, 0.25) is 0 Å². The van der Waals surface area contributed by atoms with E-state index in [1.54, 1.807) is 6.20 Å². The van der Waals surface area contributed by atoms with E-state index in [2.05, 4.69) is 24.7 Å². The number of benzene rings is 1. The first-order valence-electron chi connectivity index (χ1n) is 8.42. The number of ether oxygens (including phenoxy) is 1. The number of aromatic amines is 1. The van der Waals surface area contributed by atoms with Crippen molar-refractivity contribution in [2.75, 3.05) is 17.6 Å². The van der Waals surface area contributed by atoms with Crippen molar-refractivity contribution in [3.8, 4) is 5.88 Å². The van der Waals surface area contributed by atoms with Crippen molar-refractivity contribution in [1.82, 2.24) is 19.9 Å². The number of carbonyl (C=O) groups is 1. The van der Waals surface area contributed by atoms with Crippen LogP contribution in [-0.4, -0.2) is 52.6 Å². The molecule has 0 saturated heterocycles. The summed E-state index contributed by atoms with van der Waals surface area (Å²) in [5, 5.41) is 8.42. The van der Waals surface area contributed by atoms with E-state index in [1.807, 2.05) is 0 Å². The van der Waals surface area contributed by atoms with Gasteiger partial charge in [-0.05, 0) is 24.3 Å². The minimum atomic E-state index is -3.75. The van der Waals surface area contributed by atoms with Gasteiger partial charge in [0, 0.05) is 36.4 Å². The molecule has 0 bridgehead atoms. The lowest BCUT2D eigenvalue weighted by molar-refractivity contribution is -0.138. The summed E-state index contributed by atoms with van der Waals surface area (Å²) in [7, 11) is -2.37. The standard InChI is InChI=1S/C11H12N4O3S.C6H9N3O2/c1-18-11-10(13-6-7-14-11)15-19(16,17)9-4-2-8(12)3-5-9;7-5(6(10)11)1-4-2-8-3-9-4/h2-7H,12H2,1H3,(H,13,15);2-3,5H,1,7H2,(H,8,9)(H,10,11)/t;5-/m.0/s1. The number of imidazole rings is 1. The van der Waals surface area contributed by atoms with Crippen LogP contribution in [0.4, 0.5) is 11.5 Å². The molecule has 0 radical (unpaired) electrons. The molecule has 1 atom stereocenters. The van der Waals surface area contributed by atoms with Gasteiger partial charge in [-0.25, -0.2) is 23.4 Å². The monoisotopic (exact) mass is 435 g/mol. The van der Waals surface area contributed by atoms with Crippen molar-refractivity contribution in [2.45, 2.75) is 17.4 Å². The fraction of sp³-hybridized carbons (Fsp3) is 0.176. The van der Waals surface area contributed by atoms with Crippen LogP contribution in [-0.2, 0) is 21.2 Å². The molecule has 12 nitrogen and oxygen atoms in total. The zero-order valence-corrected chi connectivity index (χ0v) is 16.7. The van der Waals surface area contributed by atoms with Crippen molar-refractivity contribution in [2.24, 2.45) is 5.73 Å². The van der Waals surface area contributed by atoms with Crippen LogP contribution in [0.1, 0.15) is 5.69 Å². The Balaban J connectivity index is 0.000000248. The van der Waals surface area contributed by atoms with Crippen molar-refractivity contribution in [3.05, 3.63) is 54.9 Å². The van der Waals surface area contributed by atoms with Crippen molar-refractivity contribution in [3.63, 3.8) is 0 Å². The number of nitrogen functional groups attached to an aromatic ring is 1. The molecule has 1 aromatic carbocycles. The topological polar surface area (TPSA) is 199 Å². The molecule has 0 spiro atoms. The summed E-state index contributed by atoms with van der Waals surface area (Å²) in [5.41, 5.74) is 12.0. The Labute approximate surface area is 172 Å². The second-order valence-electron chi connectivity index (χ2n) is 5.81. The number of carboxylic acid groups (broad SMARTS) is 1. The Kier molecular flexibility index (Phi) is 7.66. The largest absolute Gasteiger partial charge is 0.480 e. The van der Waals surface area contributed by atoms with E-state index in [9.17, 15) is 13.2 Å². The molecule has 0 unspecified atom stereocenters. The number of rotatable bonds is 7. The first kappa shape index (κ1) is 22.6. The maximum atomic E-state index is 12.1. The Hall–Kier alpha value is -3.71. The molecule has 0 aliphatic heterocycles. The van der Waals surface area contributed by atoms with Gasteiger partial charge in [-0.15, -0.1) is 0 Å². The average molecular weight is 435 g/mol. The van der Waals surface area contributed by atoms with Crippen LogP contribution < -0.4 is 20.9 Å². The molecule has 0 aliphatic rings. The van der Waals surface area contributed by atoms with Gasteiger partial charge in [0.1, 0.15) is 6.04 Å². The Morgan fingerprint density at radius 1 is 1.27 bits per heavy atom. The van der Waals surface area contributed by atoms with Gasteiger partial charge in [0.15, 0.2) is 0 Å². The molecule has 0 saturated carbocycles. The fourth-order valence-electron chi connectivity index (χ4n) is 2.10. The van der Waals surface area contributed by atoms with Gasteiger partial charge >= 0.3 is 5.97 Å². The summed E-state index contributed by atoms with van der Waals surface area (Å²) in [5.74, 6) is -0.872. The molecule has 2 aromatic heterocycles. The van der Waals surface area contributed by atoms with Crippen LogP contribution in [0.3, 0.4) is 0 Å². The number of hydrogen-bond acceptors (Lipinski definition) is 9. The van der Waals surface area contributed by atoms with Gasteiger partial charge in [-0.2, -0.15) is 0 Å². The number of anilines is 2. The second kappa shape index (κ2) is 10.2. The molecule has 3 aromatic rings. The number of nitrogens with zero attached hydrogens (tertiary/aromatic N) is 3. The molecule has 2 heterocycles. The summed E-state index contributed by atoms with van der Waals surface area (Å²) in [6, 6.07) is 4.96. The molecular weight excluding hydrogens is 414 g/mol. The lowest BCUT2D eigenvalue weighted by Crippen LogP contribution is -2.32. The molecule has 0 fully saturated rings. The van der Waals surface area contributed by atoms with Gasteiger partial charge in [-0.3, -0.25) is 9.52 Å². The maximum Gasteiger partial charge on any atom is 0.320 e. The van der Waals surface area contributed by atoms with Crippen LogP contribution >= 0.6 is 0 Å². The predicted molar refractivity (Wildman–Crippen MR) is 108 cm³/mol. The van der Waals surface area contributed by atoms with Crippen LogP contribution in [0.15, 0.2) is 54.1 Å². The van der Waals surface area contributed by atoms with Gasteiger partial charge in [-0.1, -0.05) is 0 Å². The zero-order chi connectivity index (χ0) is 22.1. The highest BCUT2D eigenvalue weighted by atomic mass is 32.2. The predicted octanol–water partition coefficient (Wildman–Crippen LogP) is 0.232. The first-order valence-corrected chi connectivity index (χ1v) is 9.90. The van der Waals surface area contributed by atoms with Crippen LogP contribution in [0.25, 0.3) is 0 Å². The van der Waals surface area contributed by atoms with Crippen LogP contribution in [0.5, 0.6) is 5.88 Å². The van der Waals surface area contributed by atoms with E-state index in [1.165, 1.54) is 50.1 Å². The van der Waals surface area contributed by atoms with Gasteiger partial charge < -0.3 is 26.3 Å². The zero-order valence-electron chi connectivity index (χ0n) is 15.9. The number of carboxylic acids is 1. The average Bonchev–Trinajstić information content (AvgIpc) is 3.22. The normalized spacial score (nSPS) is 11.7. The third kappa shape index (κ3) is 6.42. The third-order valence-corrected chi connectivity index (χ3v) is 4.95. The SMILES string of the molecule is COc1nccnc1NS(=O)(=O)c1ccc(N)cc1.N[C@@H](Cc1cnc[nH]1)C(=O)O. The molecule has 7 N–H and O–H groups in total. The minimum absolute atomic E-state index is 0.0295. The van der Waals surface area contributed by atoms with E-state index >= 15 is 0 Å². The second-order valence-corrected chi connectivity index (χ2v) is 7.50. The van der Waals surface area contributed by atoms with Gasteiger partial charge in [0.2, 0.25) is 5.82 Å². The summed E-state index contributed by atoms with van der Waals surface area (Å²) in [6.07, 6.45) is 6.10. The summed E-state index contributed by atoms with van der Waals surface area (Å²) < 4.78 is 31.4. The number of sulfonamides is 1. The summed E-state index contributed by atoms with van der Waals surface area (Å²) in [6.45, 7) is 0. The highest BCUT2D eigenvalue weighted by molar-refractivity contribution is 7.92. The van der Waals surface area contributed by atoms with Gasteiger partial charge in [0.05, 0.1) is 18.3 Å². The van der Waals surface area contributed by atoms with Gasteiger partial charge in [0.25, 0.3) is 15.9 Å². The molecule has 13 heteroatoms. The maximum absolute atomic E-state index is 12.1. The third-order valence-electron chi connectivity index (χ3n) is 3.59. The van der Waals surface area contributed by atoms with E-state index < -0.39 is 22.0 Å². The highest BCUT2D eigenvalue weighted by Crippen LogP contribution is 2.21. The molecule has 0 aliphatic carbocycles. The Morgan fingerprint density at radius 3 is 2.50 bits per heavy atom.